The Labute approximate surface area is 160 Å². The van der Waals surface area contributed by atoms with Gasteiger partial charge in [0.2, 0.25) is 5.91 Å². The summed E-state index contributed by atoms with van der Waals surface area (Å²) in [5, 5.41) is 4.57. The highest BCUT2D eigenvalue weighted by atomic mass is 16.5. The van der Waals surface area contributed by atoms with Crippen molar-refractivity contribution in [3.05, 3.63) is 30.1 Å². The normalized spacial score (nSPS) is 22.3. The molecule has 3 aliphatic rings. The molecule has 5 heteroatoms. The first kappa shape index (κ1) is 16.8. The zero-order valence-corrected chi connectivity index (χ0v) is 16.1. The minimum Gasteiger partial charge on any atom is -0.489 e. The van der Waals surface area contributed by atoms with E-state index in [-0.39, 0.29) is 11.9 Å². The maximum atomic E-state index is 12.3. The van der Waals surface area contributed by atoms with E-state index in [0.717, 1.165) is 48.2 Å². The van der Waals surface area contributed by atoms with Crippen LogP contribution in [0.25, 0.3) is 11.1 Å². The molecule has 27 heavy (non-hydrogen) atoms. The van der Waals surface area contributed by atoms with Gasteiger partial charge < -0.3 is 9.64 Å². The molecule has 2 saturated carbocycles. The number of rotatable bonds is 4. The van der Waals surface area contributed by atoms with E-state index < -0.39 is 0 Å². The fraction of sp³-hybridized carbons (Fsp3) is 0.545. The van der Waals surface area contributed by atoms with Crippen molar-refractivity contribution in [3.8, 4) is 16.9 Å². The van der Waals surface area contributed by atoms with E-state index in [1.807, 2.05) is 11.1 Å². The molecule has 2 aliphatic carbocycles. The molecule has 5 nitrogen and oxygen atoms in total. The van der Waals surface area contributed by atoms with Crippen molar-refractivity contribution < 1.29 is 9.53 Å². The second-order valence-corrected chi connectivity index (χ2v) is 8.33. The fourth-order valence-electron chi connectivity index (χ4n) is 4.32. The summed E-state index contributed by atoms with van der Waals surface area (Å²) in [4.78, 5) is 14.2. The SMILES string of the molecule is CC(=O)N1c2ccc(-c3cnn(C4CC4)c3)c(OC3CCC3)c2CCC1C. The van der Waals surface area contributed by atoms with Gasteiger partial charge in [-0.25, -0.2) is 0 Å². The quantitative estimate of drug-likeness (QED) is 0.801. The molecule has 5 rings (SSSR count). The molecular weight excluding hydrogens is 338 g/mol. The third-order valence-electron chi connectivity index (χ3n) is 6.26. The van der Waals surface area contributed by atoms with Gasteiger partial charge in [-0.05, 0) is 64.0 Å². The van der Waals surface area contributed by atoms with Gasteiger partial charge in [-0.15, -0.1) is 0 Å². The van der Waals surface area contributed by atoms with E-state index >= 15 is 0 Å². The second-order valence-electron chi connectivity index (χ2n) is 8.33. The van der Waals surface area contributed by atoms with Crippen LogP contribution in [0.3, 0.4) is 0 Å². The average Bonchev–Trinajstić information content (AvgIpc) is 3.34. The van der Waals surface area contributed by atoms with Crippen molar-refractivity contribution in [3.63, 3.8) is 0 Å². The molecule has 2 fully saturated rings. The summed E-state index contributed by atoms with van der Waals surface area (Å²) in [5.41, 5.74) is 4.44. The monoisotopic (exact) mass is 365 g/mol. The molecule has 0 spiro atoms. The topological polar surface area (TPSA) is 47.4 Å². The number of carbonyl (C=O) groups is 1. The van der Waals surface area contributed by atoms with Crippen LogP contribution in [-0.2, 0) is 11.2 Å². The van der Waals surface area contributed by atoms with Gasteiger partial charge in [0, 0.05) is 35.9 Å². The summed E-state index contributed by atoms with van der Waals surface area (Å²) >= 11 is 0. The van der Waals surface area contributed by atoms with Gasteiger partial charge >= 0.3 is 0 Å². The number of hydrogen-bond acceptors (Lipinski definition) is 3. The molecule has 1 amide bonds. The first-order valence-electron chi connectivity index (χ1n) is 10.3. The van der Waals surface area contributed by atoms with E-state index in [0.29, 0.717) is 12.1 Å². The standard InChI is InChI=1S/C22H27N3O2/c1-14-6-9-20-21(25(14)15(2)26)11-10-19(22(20)27-18-4-3-5-18)16-12-23-24(13-16)17-7-8-17/h10-14,17-18H,3-9H2,1-2H3. The number of nitrogens with zero attached hydrogens (tertiary/aromatic N) is 3. The molecule has 2 heterocycles. The zero-order chi connectivity index (χ0) is 18.5. The van der Waals surface area contributed by atoms with Crippen LogP contribution >= 0.6 is 0 Å². The summed E-state index contributed by atoms with van der Waals surface area (Å²) in [6.45, 7) is 3.79. The molecule has 1 aromatic heterocycles. The maximum absolute atomic E-state index is 12.3. The van der Waals surface area contributed by atoms with Gasteiger partial charge in [-0.3, -0.25) is 9.48 Å². The lowest BCUT2D eigenvalue weighted by Crippen LogP contribution is -2.41. The third kappa shape index (κ3) is 2.93. The Bertz CT molecular complexity index is 880. The van der Waals surface area contributed by atoms with Crippen molar-refractivity contribution in [2.24, 2.45) is 0 Å². The van der Waals surface area contributed by atoms with Crippen LogP contribution in [0, 0.1) is 0 Å². The van der Waals surface area contributed by atoms with E-state index in [1.165, 1.54) is 24.8 Å². The smallest absolute Gasteiger partial charge is 0.224 e. The van der Waals surface area contributed by atoms with Crippen LogP contribution < -0.4 is 9.64 Å². The lowest BCUT2D eigenvalue weighted by atomic mass is 9.91. The highest BCUT2D eigenvalue weighted by Crippen LogP contribution is 2.45. The fourth-order valence-corrected chi connectivity index (χ4v) is 4.32. The van der Waals surface area contributed by atoms with Crippen LogP contribution in [0.2, 0.25) is 0 Å². The molecule has 2 aromatic rings. The van der Waals surface area contributed by atoms with Crippen molar-refractivity contribution in [1.82, 2.24) is 9.78 Å². The van der Waals surface area contributed by atoms with Gasteiger partial charge in [0.1, 0.15) is 5.75 Å². The van der Waals surface area contributed by atoms with Gasteiger partial charge in [0.15, 0.2) is 0 Å². The summed E-state index contributed by atoms with van der Waals surface area (Å²) in [7, 11) is 0. The van der Waals surface area contributed by atoms with Crippen molar-refractivity contribution >= 4 is 11.6 Å². The lowest BCUT2D eigenvalue weighted by Gasteiger charge is -2.37. The van der Waals surface area contributed by atoms with Crippen molar-refractivity contribution in [2.75, 3.05) is 4.90 Å². The summed E-state index contributed by atoms with van der Waals surface area (Å²) in [5.74, 6) is 1.08. The predicted octanol–water partition coefficient (Wildman–Crippen LogP) is 4.50. The number of hydrogen-bond donors (Lipinski definition) is 0. The molecule has 1 aromatic carbocycles. The van der Waals surface area contributed by atoms with Crippen LogP contribution in [0.4, 0.5) is 5.69 Å². The van der Waals surface area contributed by atoms with Crippen LogP contribution in [0.15, 0.2) is 24.5 Å². The Morgan fingerprint density at radius 1 is 1.19 bits per heavy atom. The van der Waals surface area contributed by atoms with E-state index in [2.05, 4.69) is 35.0 Å². The second kappa shape index (κ2) is 6.39. The molecule has 0 radical (unpaired) electrons. The van der Waals surface area contributed by atoms with Gasteiger partial charge in [-0.2, -0.15) is 5.10 Å². The third-order valence-corrected chi connectivity index (χ3v) is 6.26. The molecule has 1 unspecified atom stereocenters. The predicted molar refractivity (Wildman–Crippen MR) is 105 cm³/mol. The Kier molecular flexibility index (Phi) is 3.99. The number of benzene rings is 1. The number of amides is 1. The minimum absolute atomic E-state index is 0.104. The zero-order valence-electron chi connectivity index (χ0n) is 16.1. The number of aromatic nitrogens is 2. The Morgan fingerprint density at radius 3 is 2.67 bits per heavy atom. The lowest BCUT2D eigenvalue weighted by molar-refractivity contribution is -0.117. The first-order chi connectivity index (χ1) is 13.1. The maximum Gasteiger partial charge on any atom is 0.224 e. The Morgan fingerprint density at radius 2 is 2.00 bits per heavy atom. The molecule has 0 bridgehead atoms. The summed E-state index contributed by atoms with van der Waals surface area (Å²) in [6.07, 6.45) is 12.3. The molecular formula is C22H27N3O2. The van der Waals surface area contributed by atoms with Crippen molar-refractivity contribution in [2.45, 2.75) is 77.0 Å². The average molecular weight is 365 g/mol. The molecule has 142 valence electrons. The summed E-state index contributed by atoms with van der Waals surface area (Å²) < 4.78 is 8.60. The number of carbonyl (C=O) groups excluding carboxylic acids is 1. The molecule has 0 saturated heterocycles. The highest BCUT2D eigenvalue weighted by molar-refractivity contribution is 5.95. The van der Waals surface area contributed by atoms with Crippen LogP contribution in [-0.4, -0.2) is 27.8 Å². The van der Waals surface area contributed by atoms with E-state index in [4.69, 9.17) is 4.74 Å². The molecule has 0 N–H and O–H groups in total. The summed E-state index contributed by atoms with van der Waals surface area (Å²) in [6, 6.07) is 5.02. The molecule has 1 atom stereocenters. The number of ether oxygens (including phenoxy) is 1. The number of fused-ring (bicyclic) bond motifs is 1. The van der Waals surface area contributed by atoms with Gasteiger partial charge in [0.05, 0.1) is 24.0 Å². The van der Waals surface area contributed by atoms with E-state index in [9.17, 15) is 4.79 Å². The first-order valence-corrected chi connectivity index (χ1v) is 10.3. The van der Waals surface area contributed by atoms with Crippen LogP contribution in [0.5, 0.6) is 5.75 Å². The van der Waals surface area contributed by atoms with Gasteiger partial charge in [0.25, 0.3) is 0 Å². The molecule has 1 aliphatic heterocycles. The van der Waals surface area contributed by atoms with E-state index in [1.54, 1.807) is 6.92 Å². The van der Waals surface area contributed by atoms with Crippen LogP contribution in [0.1, 0.15) is 64.0 Å². The van der Waals surface area contributed by atoms with Crippen molar-refractivity contribution in [1.29, 1.82) is 0 Å². The largest absolute Gasteiger partial charge is 0.489 e. The Balaban J connectivity index is 1.60. The Hall–Kier alpha value is -2.30. The van der Waals surface area contributed by atoms with Gasteiger partial charge in [-0.1, -0.05) is 0 Å². The number of anilines is 1. The highest BCUT2D eigenvalue weighted by Gasteiger charge is 2.32. The minimum atomic E-state index is 0.104.